The van der Waals surface area contributed by atoms with Crippen molar-refractivity contribution in [3.63, 3.8) is 0 Å². The monoisotopic (exact) mass is 255 g/mol. The largest absolute Gasteiger partial charge is 0.439 e. The second kappa shape index (κ2) is 6.71. The molecule has 1 aromatic carbocycles. The second-order valence-electron chi connectivity index (χ2n) is 4.33. The smallest absolute Gasteiger partial charge is 0.219 e. The van der Waals surface area contributed by atoms with Crippen LogP contribution in [0.25, 0.3) is 0 Å². The molecule has 0 aliphatic heterocycles. The number of para-hydroxylation sites is 1. The molecule has 0 amide bonds. The summed E-state index contributed by atoms with van der Waals surface area (Å²) in [6.07, 6.45) is 0. The summed E-state index contributed by atoms with van der Waals surface area (Å²) < 4.78 is 11.1. The van der Waals surface area contributed by atoms with Crippen molar-refractivity contribution in [1.82, 2.24) is 4.98 Å². The Labute approximate surface area is 113 Å². The number of nitrogens with zero attached hydrogens (tertiary/aromatic N) is 1. The first-order valence-electron chi connectivity index (χ1n) is 6.15. The second-order valence-corrected chi connectivity index (χ2v) is 4.33. The van der Waals surface area contributed by atoms with E-state index in [0.29, 0.717) is 19.1 Å². The van der Waals surface area contributed by atoms with Gasteiger partial charge in [0, 0.05) is 6.07 Å². The molecule has 0 spiro atoms. The molecule has 0 saturated carbocycles. The van der Waals surface area contributed by atoms with E-state index in [-0.39, 0.29) is 0 Å². The van der Waals surface area contributed by atoms with Gasteiger partial charge in [-0.2, -0.15) is 0 Å². The average Bonchev–Trinajstić information content (AvgIpc) is 2.40. The fourth-order valence-electron chi connectivity index (χ4n) is 1.53. The van der Waals surface area contributed by atoms with Gasteiger partial charge in [-0.15, -0.1) is 0 Å². The van der Waals surface area contributed by atoms with E-state index < -0.39 is 0 Å². The molecule has 2 aromatic rings. The van der Waals surface area contributed by atoms with Gasteiger partial charge in [0.1, 0.15) is 5.75 Å². The van der Waals surface area contributed by atoms with Gasteiger partial charge in [0.25, 0.3) is 0 Å². The van der Waals surface area contributed by atoms with Crippen LogP contribution in [-0.2, 0) is 11.3 Å². The van der Waals surface area contributed by atoms with Gasteiger partial charge in [-0.25, -0.2) is 4.98 Å². The summed E-state index contributed by atoms with van der Waals surface area (Å²) in [5, 5.41) is 0. The van der Waals surface area contributed by atoms with E-state index in [0.717, 1.165) is 17.0 Å². The molecule has 0 radical (unpaired) electrons. The molecule has 0 aliphatic carbocycles. The van der Waals surface area contributed by atoms with Gasteiger partial charge >= 0.3 is 0 Å². The van der Waals surface area contributed by atoms with Crippen LogP contribution < -0.4 is 4.74 Å². The molecule has 0 atom stereocenters. The molecule has 0 bridgehead atoms. The molecule has 1 aromatic heterocycles. The van der Waals surface area contributed by atoms with E-state index in [1.807, 2.05) is 55.5 Å². The molecule has 2 rings (SSSR count). The third-order valence-corrected chi connectivity index (χ3v) is 2.35. The maximum Gasteiger partial charge on any atom is 0.219 e. The Morgan fingerprint density at radius 1 is 1.11 bits per heavy atom. The first-order chi connectivity index (χ1) is 9.24. The van der Waals surface area contributed by atoms with E-state index in [4.69, 9.17) is 9.47 Å². The Bertz CT molecular complexity index is 537. The summed E-state index contributed by atoms with van der Waals surface area (Å²) >= 11 is 0. The van der Waals surface area contributed by atoms with Crippen LogP contribution in [0.2, 0.25) is 0 Å². The Morgan fingerprint density at radius 2 is 1.89 bits per heavy atom. The Morgan fingerprint density at radius 3 is 2.63 bits per heavy atom. The summed E-state index contributed by atoms with van der Waals surface area (Å²) in [6.45, 7) is 6.73. The standard InChI is InChI=1S/C16H17NO2/c1-13(2)11-18-12-14-7-6-10-16(17-14)19-15-8-4-3-5-9-15/h3-10H,1,11-12H2,2H3. The fraction of sp³-hybridized carbons (Fsp3) is 0.188. The van der Waals surface area contributed by atoms with Crippen LogP contribution in [0.1, 0.15) is 12.6 Å². The summed E-state index contributed by atoms with van der Waals surface area (Å²) in [4.78, 5) is 4.39. The van der Waals surface area contributed by atoms with Crippen LogP contribution in [0.5, 0.6) is 11.6 Å². The van der Waals surface area contributed by atoms with Crippen molar-refractivity contribution in [2.24, 2.45) is 0 Å². The topological polar surface area (TPSA) is 31.4 Å². The fourth-order valence-corrected chi connectivity index (χ4v) is 1.53. The van der Waals surface area contributed by atoms with Crippen molar-refractivity contribution in [2.75, 3.05) is 6.61 Å². The van der Waals surface area contributed by atoms with Gasteiger partial charge in [0.15, 0.2) is 0 Å². The third-order valence-electron chi connectivity index (χ3n) is 2.35. The van der Waals surface area contributed by atoms with Crippen molar-refractivity contribution in [3.05, 3.63) is 66.4 Å². The Kier molecular flexibility index (Phi) is 4.70. The third kappa shape index (κ3) is 4.56. The molecule has 0 N–H and O–H groups in total. The minimum Gasteiger partial charge on any atom is -0.439 e. The molecule has 0 unspecified atom stereocenters. The van der Waals surface area contributed by atoms with Gasteiger partial charge in [-0.1, -0.05) is 36.4 Å². The lowest BCUT2D eigenvalue weighted by Crippen LogP contribution is -1.99. The van der Waals surface area contributed by atoms with Gasteiger partial charge < -0.3 is 9.47 Å². The van der Waals surface area contributed by atoms with Crippen LogP contribution in [0.15, 0.2) is 60.7 Å². The number of pyridine rings is 1. The number of ether oxygens (including phenoxy) is 2. The lowest BCUT2D eigenvalue weighted by atomic mass is 10.3. The molecular weight excluding hydrogens is 238 g/mol. The highest BCUT2D eigenvalue weighted by Gasteiger charge is 2.00. The van der Waals surface area contributed by atoms with Crippen molar-refractivity contribution in [1.29, 1.82) is 0 Å². The van der Waals surface area contributed by atoms with Crippen LogP contribution in [0.4, 0.5) is 0 Å². The Hall–Kier alpha value is -2.13. The number of rotatable bonds is 6. The zero-order chi connectivity index (χ0) is 13.5. The van der Waals surface area contributed by atoms with Crippen LogP contribution in [0.3, 0.4) is 0 Å². The van der Waals surface area contributed by atoms with Crippen molar-refractivity contribution < 1.29 is 9.47 Å². The molecule has 98 valence electrons. The molecule has 19 heavy (non-hydrogen) atoms. The summed E-state index contributed by atoms with van der Waals surface area (Å²) in [6, 6.07) is 15.2. The highest BCUT2D eigenvalue weighted by molar-refractivity contribution is 5.27. The van der Waals surface area contributed by atoms with E-state index >= 15 is 0 Å². The van der Waals surface area contributed by atoms with Gasteiger partial charge in [0.05, 0.1) is 18.9 Å². The normalized spacial score (nSPS) is 10.2. The van der Waals surface area contributed by atoms with Crippen LogP contribution >= 0.6 is 0 Å². The van der Waals surface area contributed by atoms with Gasteiger partial charge in [0.2, 0.25) is 5.88 Å². The minimum atomic E-state index is 0.457. The summed E-state index contributed by atoms with van der Waals surface area (Å²) in [5.74, 6) is 1.35. The van der Waals surface area contributed by atoms with E-state index in [1.54, 1.807) is 0 Å². The lowest BCUT2D eigenvalue weighted by Gasteiger charge is -2.07. The SMILES string of the molecule is C=C(C)COCc1cccc(Oc2ccccc2)n1. The number of aromatic nitrogens is 1. The highest BCUT2D eigenvalue weighted by atomic mass is 16.5. The highest BCUT2D eigenvalue weighted by Crippen LogP contribution is 2.18. The molecule has 0 aliphatic rings. The lowest BCUT2D eigenvalue weighted by molar-refractivity contribution is 0.139. The van der Waals surface area contributed by atoms with Gasteiger partial charge in [-0.05, 0) is 25.1 Å². The van der Waals surface area contributed by atoms with Crippen molar-refractivity contribution in [2.45, 2.75) is 13.5 Å². The predicted molar refractivity (Wildman–Crippen MR) is 75.2 cm³/mol. The number of hydrogen-bond donors (Lipinski definition) is 0. The van der Waals surface area contributed by atoms with Crippen LogP contribution in [0, 0.1) is 0 Å². The molecule has 0 fully saturated rings. The van der Waals surface area contributed by atoms with Gasteiger partial charge in [-0.3, -0.25) is 0 Å². The molecule has 1 heterocycles. The number of hydrogen-bond acceptors (Lipinski definition) is 3. The minimum absolute atomic E-state index is 0.457. The molecule has 0 saturated heterocycles. The average molecular weight is 255 g/mol. The predicted octanol–water partition coefficient (Wildman–Crippen LogP) is 3.97. The molecule has 3 nitrogen and oxygen atoms in total. The summed E-state index contributed by atoms with van der Waals surface area (Å²) in [5.41, 5.74) is 1.84. The van der Waals surface area contributed by atoms with Crippen LogP contribution in [-0.4, -0.2) is 11.6 Å². The zero-order valence-electron chi connectivity index (χ0n) is 11.0. The van der Waals surface area contributed by atoms with E-state index in [9.17, 15) is 0 Å². The first kappa shape index (κ1) is 13.3. The van der Waals surface area contributed by atoms with E-state index in [1.165, 1.54) is 0 Å². The maximum absolute atomic E-state index is 5.66. The zero-order valence-corrected chi connectivity index (χ0v) is 11.0. The van der Waals surface area contributed by atoms with Crippen molar-refractivity contribution in [3.8, 4) is 11.6 Å². The molecular formula is C16H17NO2. The van der Waals surface area contributed by atoms with E-state index in [2.05, 4.69) is 11.6 Å². The summed E-state index contributed by atoms with van der Waals surface area (Å²) in [7, 11) is 0. The quantitative estimate of drug-likeness (QED) is 0.732. The van der Waals surface area contributed by atoms with Crippen molar-refractivity contribution >= 4 is 0 Å². The molecule has 3 heteroatoms. The Balaban J connectivity index is 1.97. The number of benzene rings is 1. The maximum atomic E-state index is 5.66. The first-order valence-corrected chi connectivity index (χ1v) is 6.15.